The number of esters is 2. The average Bonchev–Trinajstić information content (AvgIpc) is 3.25. The third kappa shape index (κ3) is 5.03. The molecule has 0 unspecified atom stereocenters. The zero-order valence-electron chi connectivity index (χ0n) is 16.2. The number of anilines is 1. The van der Waals surface area contributed by atoms with Crippen LogP contribution < -0.4 is 10.00 Å². The third-order valence-corrected chi connectivity index (χ3v) is 4.91. The summed E-state index contributed by atoms with van der Waals surface area (Å²) in [5.41, 5.74) is 1.41. The van der Waals surface area contributed by atoms with Crippen molar-refractivity contribution in [1.29, 1.82) is 0 Å². The number of aromatic nitrogens is 3. The average molecular weight is 427 g/mol. The quantitative estimate of drug-likeness (QED) is 0.337. The molecule has 30 heavy (non-hydrogen) atoms. The number of thioether (sulfide) groups is 1. The van der Waals surface area contributed by atoms with E-state index in [4.69, 9.17) is 9.47 Å². The first-order valence-electron chi connectivity index (χ1n) is 8.77. The van der Waals surface area contributed by atoms with Crippen LogP contribution >= 0.6 is 11.8 Å². The van der Waals surface area contributed by atoms with Gasteiger partial charge in [0.2, 0.25) is 12.2 Å². The molecule has 0 aliphatic rings. The van der Waals surface area contributed by atoms with Gasteiger partial charge < -0.3 is 14.8 Å². The van der Waals surface area contributed by atoms with Gasteiger partial charge in [0.05, 0.1) is 31.1 Å². The highest BCUT2D eigenvalue weighted by Crippen LogP contribution is 2.18. The SMILES string of the molecule is COC(=O)c1cc(NC(=O)CSc2nc[nH][n+]2-c2ccccc2)cc(C(=O)OC)c1. The van der Waals surface area contributed by atoms with E-state index in [0.29, 0.717) is 5.16 Å². The summed E-state index contributed by atoms with van der Waals surface area (Å²) in [6, 6.07) is 13.7. The molecule has 0 saturated heterocycles. The highest BCUT2D eigenvalue weighted by atomic mass is 32.2. The molecule has 0 fully saturated rings. The van der Waals surface area contributed by atoms with Crippen molar-refractivity contribution in [2.75, 3.05) is 25.3 Å². The van der Waals surface area contributed by atoms with Gasteiger partial charge in [-0.15, -0.1) is 4.68 Å². The predicted molar refractivity (Wildman–Crippen MR) is 109 cm³/mol. The molecule has 3 aromatic rings. The minimum atomic E-state index is -0.633. The number of nitrogens with one attached hydrogen (secondary N) is 2. The molecule has 10 heteroatoms. The number of nitrogens with zero attached hydrogens (tertiary/aromatic N) is 2. The third-order valence-electron chi connectivity index (χ3n) is 3.96. The van der Waals surface area contributed by atoms with Gasteiger partial charge in [-0.3, -0.25) is 4.79 Å². The van der Waals surface area contributed by atoms with Gasteiger partial charge in [-0.2, -0.15) is 5.10 Å². The number of carbonyl (C=O) groups is 3. The lowest BCUT2D eigenvalue weighted by Crippen LogP contribution is -2.35. The van der Waals surface area contributed by atoms with Gasteiger partial charge in [-0.05, 0) is 47.1 Å². The Hall–Kier alpha value is -3.66. The number of benzene rings is 2. The summed E-state index contributed by atoms with van der Waals surface area (Å²) in [5, 5.41) is 6.28. The van der Waals surface area contributed by atoms with Crippen molar-refractivity contribution in [3.05, 3.63) is 66.0 Å². The van der Waals surface area contributed by atoms with Crippen molar-refractivity contribution in [2.24, 2.45) is 0 Å². The van der Waals surface area contributed by atoms with E-state index in [1.165, 1.54) is 50.5 Å². The van der Waals surface area contributed by atoms with Crippen LogP contribution in [0.4, 0.5) is 5.69 Å². The summed E-state index contributed by atoms with van der Waals surface area (Å²) in [7, 11) is 2.46. The van der Waals surface area contributed by atoms with E-state index in [1.54, 1.807) is 4.68 Å². The van der Waals surface area contributed by atoms with E-state index in [2.05, 4.69) is 15.4 Å². The Balaban J connectivity index is 1.72. The van der Waals surface area contributed by atoms with Gasteiger partial charge in [0.25, 0.3) is 0 Å². The second kappa shape index (κ2) is 9.70. The molecule has 0 radical (unpaired) electrons. The lowest BCUT2D eigenvalue weighted by molar-refractivity contribution is -0.694. The van der Waals surface area contributed by atoms with Crippen LogP contribution in [0.2, 0.25) is 0 Å². The van der Waals surface area contributed by atoms with Crippen LogP contribution in [0.3, 0.4) is 0 Å². The van der Waals surface area contributed by atoms with Crippen LogP contribution in [0.1, 0.15) is 20.7 Å². The largest absolute Gasteiger partial charge is 0.465 e. The number of aromatic amines is 1. The monoisotopic (exact) mass is 427 g/mol. The molecule has 1 amide bonds. The van der Waals surface area contributed by atoms with Crippen LogP contribution in [-0.4, -0.2) is 47.9 Å². The van der Waals surface area contributed by atoms with Gasteiger partial charge in [0.1, 0.15) is 0 Å². The van der Waals surface area contributed by atoms with Gasteiger partial charge in [0, 0.05) is 5.69 Å². The molecule has 0 spiro atoms. The van der Waals surface area contributed by atoms with E-state index in [1.807, 2.05) is 30.3 Å². The number of rotatable bonds is 7. The van der Waals surface area contributed by atoms with E-state index < -0.39 is 11.9 Å². The first kappa shape index (κ1) is 21.1. The molecule has 154 valence electrons. The van der Waals surface area contributed by atoms with Gasteiger partial charge in [-0.25, -0.2) is 9.59 Å². The number of methoxy groups -OCH3 is 2. The van der Waals surface area contributed by atoms with Crippen molar-refractivity contribution in [2.45, 2.75) is 5.16 Å². The summed E-state index contributed by atoms with van der Waals surface area (Å²) >= 11 is 1.23. The molecule has 0 bridgehead atoms. The number of hydrogen-bond donors (Lipinski definition) is 2. The van der Waals surface area contributed by atoms with Crippen molar-refractivity contribution in [3.63, 3.8) is 0 Å². The Kier molecular flexibility index (Phi) is 6.81. The van der Waals surface area contributed by atoms with Gasteiger partial charge in [-0.1, -0.05) is 18.2 Å². The Morgan fingerprint density at radius 3 is 2.27 bits per heavy atom. The normalized spacial score (nSPS) is 10.3. The smallest absolute Gasteiger partial charge is 0.385 e. The number of carbonyl (C=O) groups excluding carboxylic acids is 3. The minimum Gasteiger partial charge on any atom is -0.465 e. The molecule has 0 aliphatic carbocycles. The maximum Gasteiger partial charge on any atom is 0.385 e. The van der Waals surface area contributed by atoms with Crippen LogP contribution in [0.25, 0.3) is 5.69 Å². The van der Waals surface area contributed by atoms with Crippen molar-refractivity contribution < 1.29 is 28.5 Å². The summed E-state index contributed by atoms with van der Waals surface area (Å²) in [6.07, 6.45) is 1.54. The maximum atomic E-state index is 12.4. The predicted octanol–water partition coefficient (Wildman–Crippen LogP) is 1.99. The van der Waals surface area contributed by atoms with Crippen LogP contribution in [0.5, 0.6) is 0 Å². The number of hydrogen-bond acceptors (Lipinski definition) is 7. The second-order valence-corrected chi connectivity index (χ2v) is 6.90. The molecule has 0 atom stereocenters. The topological polar surface area (TPSA) is 114 Å². The number of para-hydroxylation sites is 1. The lowest BCUT2D eigenvalue weighted by Gasteiger charge is -2.09. The van der Waals surface area contributed by atoms with E-state index in [-0.39, 0.29) is 28.5 Å². The van der Waals surface area contributed by atoms with Crippen molar-refractivity contribution >= 4 is 35.3 Å². The summed E-state index contributed by atoms with van der Waals surface area (Å²) in [6.45, 7) is 0. The zero-order valence-corrected chi connectivity index (χ0v) is 17.1. The van der Waals surface area contributed by atoms with E-state index in [9.17, 15) is 14.4 Å². The molecule has 3 rings (SSSR count). The van der Waals surface area contributed by atoms with Crippen LogP contribution in [0, 0.1) is 0 Å². The minimum absolute atomic E-state index is 0.0632. The fraction of sp³-hybridized carbons (Fsp3) is 0.150. The van der Waals surface area contributed by atoms with E-state index in [0.717, 1.165) is 5.69 Å². The second-order valence-electron chi connectivity index (χ2n) is 5.96. The Labute approximate surface area is 176 Å². The molecule has 9 nitrogen and oxygen atoms in total. The molecular formula is C20H19N4O5S+. The van der Waals surface area contributed by atoms with Crippen LogP contribution in [0.15, 0.2) is 60.0 Å². The van der Waals surface area contributed by atoms with E-state index >= 15 is 0 Å². The van der Waals surface area contributed by atoms with Gasteiger partial charge >= 0.3 is 17.1 Å². The first-order valence-corrected chi connectivity index (χ1v) is 9.75. The standard InChI is InChI=1S/C20H18N4O5S/c1-28-18(26)13-8-14(19(27)29-2)10-15(9-13)23-17(25)11-30-20-21-12-22-24(20)16-6-4-3-5-7-16/h3-10,12H,11H2,1-2H3,(H,23,25)/p+1. The van der Waals surface area contributed by atoms with Crippen molar-refractivity contribution in [3.8, 4) is 5.69 Å². The summed E-state index contributed by atoms with van der Waals surface area (Å²) in [4.78, 5) is 40.4. The number of H-pyrrole nitrogens is 1. The maximum absolute atomic E-state index is 12.4. The summed E-state index contributed by atoms with van der Waals surface area (Å²) < 4.78 is 11.1. The lowest BCUT2D eigenvalue weighted by atomic mass is 10.1. The Morgan fingerprint density at radius 1 is 1.03 bits per heavy atom. The highest BCUT2D eigenvalue weighted by Gasteiger charge is 2.19. The molecule has 1 aromatic heterocycles. The highest BCUT2D eigenvalue weighted by molar-refractivity contribution is 7.99. The summed E-state index contributed by atoms with van der Waals surface area (Å²) in [5.74, 6) is -1.54. The Bertz CT molecular complexity index is 1030. The molecule has 0 saturated carbocycles. The molecule has 0 aliphatic heterocycles. The fourth-order valence-corrected chi connectivity index (χ4v) is 3.36. The Morgan fingerprint density at radius 2 is 1.67 bits per heavy atom. The first-order chi connectivity index (χ1) is 14.5. The van der Waals surface area contributed by atoms with Gasteiger partial charge in [0.15, 0.2) is 5.69 Å². The zero-order chi connectivity index (χ0) is 21.5. The van der Waals surface area contributed by atoms with Crippen LogP contribution in [-0.2, 0) is 14.3 Å². The molecule has 2 aromatic carbocycles. The molecular weight excluding hydrogens is 408 g/mol. The van der Waals surface area contributed by atoms with Crippen molar-refractivity contribution in [1.82, 2.24) is 10.1 Å². The number of amides is 1. The number of ether oxygens (including phenoxy) is 2. The fourth-order valence-electron chi connectivity index (χ4n) is 2.62. The molecule has 1 heterocycles. The molecule has 2 N–H and O–H groups in total.